The molecule has 2 rings (SSSR count). The van der Waals surface area contributed by atoms with Crippen molar-refractivity contribution in [2.75, 3.05) is 6.54 Å². The Hall–Kier alpha value is -0.410. The number of nitrogens with one attached hydrogen (secondary N) is 1. The van der Waals surface area contributed by atoms with Gasteiger partial charge in [-0.3, -0.25) is 0 Å². The van der Waals surface area contributed by atoms with Gasteiger partial charge < -0.3 is 5.32 Å². The SMILES string of the molecule is CCCNC(c1cc(F)ccc1Br)C1CC(C)CC(C)C1. The lowest BCUT2D eigenvalue weighted by molar-refractivity contribution is 0.176. The topological polar surface area (TPSA) is 12.0 Å². The van der Waals surface area contributed by atoms with Crippen molar-refractivity contribution in [2.24, 2.45) is 17.8 Å². The number of rotatable bonds is 5. The molecule has 1 fully saturated rings. The van der Waals surface area contributed by atoms with E-state index in [4.69, 9.17) is 0 Å². The Balaban J connectivity index is 2.26. The van der Waals surface area contributed by atoms with E-state index in [1.165, 1.54) is 25.3 Å². The van der Waals surface area contributed by atoms with Crippen molar-refractivity contribution in [1.29, 1.82) is 0 Å². The fourth-order valence-corrected chi connectivity index (χ4v) is 4.36. The van der Waals surface area contributed by atoms with Gasteiger partial charge in [0, 0.05) is 10.5 Å². The van der Waals surface area contributed by atoms with E-state index in [1.54, 1.807) is 6.07 Å². The van der Waals surface area contributed by atoms with Gasteiger partial charge in [-0.25, -0.2) is 4.39 Å². The fourth-order valence-electron chi connectivity index (χ4n) is 3.86. The second kappa shape index (κ2) is 7.73. The first-order valence-electron chi connectivity index (χ1n) is 8.19. The summed E-state index contributed by atoms with van der Waals surface area (Å²) < 4.78 is 14.7. The molecule has 0 saturated heterocycles. The standard InChI is InChI=1S/C18H27BrFN/c1-4-7-21-18(14-9-12(2)8-13(3)10-14)16-11-15(20)5-6-17(16)19/h5-6,11-14,18,21H,4,7-10H2,1-3H3. The third-order valence-electron chi connectivity index (χ3n) is 4.59. The molecule has 0 bridgehead atoms. The Morgan fingerprint density at radius 2 is 1.90 bits per heavy atom. The van der Waals surface area contributed by atoms with Gasteiger partial charge in [0.1, 0.15) is 5.82 Å². The van der Waals surface area contributed by atoms with Gasteiger partial charge in [0.15, 0.2) is 0 Å². The van der Waals surface area contributed by atoms with Crippen LogP contribution in [0.15, 0.2) is 22.7 Å². The zero-order valence-electron chi connectivity index (χ0n) is 13.3. The van der Waals surface area contributed by atoms with Crippen LogP contribution in [-0.2, 0) is 0 Å². The highest BCUT2D eigenvalue weighted by molar-refractivity contribution is 9.10. The molecule has 3 heteroatoms. The van der Waals surface area contributed by atoms with Gasteiger partial charge in [-0.1, -0.05) is 36.7 Å². The summed E-state index contributed by atoms with van der Waals surface area (Å²) in [4.78, 5) is 0. The van der Waals surface area contributed by atoms with Crippen LogP contribution in [0.2, 0.25) is 0 Å². The zero-order valence-corrected chi connectivity index (χ0v) is 14.9. The molecule has 1 nitrogen and oxygen atoms in total. The third kappa shape index (κ3) is 4.53. The molecule has 1 saturated carbocycles. The summed E-state index contributed by atoms with van der Waals surface area (Å²) in [6.45, 7) is 7.85. The quantitative estimate of drug-likeness (QED) is 0.713. The van der Waals surface area contributed by atoms with Gasteiger partial charge in [0.2, 0.25) is 0 Å². The van der Waals surface area contributed by atoms with E-state index in [1.807, 2.05) is 6.07 Å². The average molecular weight is 356 g/mol. The second-order valence-corrected chi connectivity index (χ2v) is 7.63. The van der Waals surface area contributed by atoms with Gasteiger partial charge in [0.25, 0.3) is 0 Å². The van der Waals surface area contributed by atoms with Crippen LogP contribution in [0.25, 0.3) is 0 Å². The summed E-state index contributed by atoms with van der Waals surface area (Å²) in [5, 5.41) is 3.67. The van der Waals surface area contributed by atoms with E-state index in [0.717, 1.165) is 34.8 Å². The summed E-state index contributed by atoms with van der Waals surface area (Å²) in [5.74, 6) is 1.97. The summed E-state index contributed by atoms with van der Waals surface area (Å²) in [5.41, 5.74) is 1.08. The highest BCUT2D eigenvalue weighted by Gasteiger charge is 2.31. The molecule has 0 aliphatic heterocycles. The van der Waals surface area contributed by atoms with E-state index >= 15 is 0 Å². The maximum absolute atomic E-state index is 13.7. The molecule has 1 aromatic rings. The minimum atomic E-state index is -0.145. The lowest BCUT2D eigenvalue weighted by Gasteiger charge is -2.37. The normalized spacial score (nSPS) is 27.6. The lowest BCUT2D eigenvalue weighted by atomic mass is 9.72. The summed E-state index contributed by atoms with van der Waals surface area (Å²) in [6, 6.07) is 5.30. The molecule has 3 atom stereocenters. The van der Waals surface area contributed by atoms with Crippen molar-refractivity contribution < 1.29 is 4.39 Å². The van der Waals surface area contributed by atoms with Crippen LogP contribution >= 0.6 is 15.9 Å². The summed E-state index contributed by atoms with van der Waals surface area (Å²) >= 11 is 3.61. The molecular weight excluding hydrogens is 329 g/mol. The van der Waals surface area contributed by atoms with E-state index in [0.29, 0.717) is 5.92 Å². The van der Waals surface area contributed by atoms with Crippen molar-refractivity contribution in [3.05, 3.63) is 34.1 Å². The van der Waals surface area contributed by atoms with Gasteiger partial charge in [-0.05, 0) is 73.7 Å². The van der Waals surface area contributed by atoms with Gasteiger partial charge in [-0.15, -0.1) is 0 Å². The molecule has 0 amide bonds. The smallest absolute Gasteiger partial charge is 0.123 e. The zero-order chi connectivity index (χ0) is 15.4. The Morgan fingerprint density at radius 3 is 2.52 bits per heavy atom. The molecule has 0 heterocycles. The first-order valence-corrected chi connectivity index (χ1v) is 8.98. The lowest BCUT2D eigenvalue weighted by Crippen LogP contribution is -2.34. The van der Waals surface area contributed by atoms with Crippen LogP contribution < -0.4 is 5.32 Å². The molecule has 0 radical (unpaired) electrons. The molecule has 1 aliphatic carbocycles. The molecular formula is C18H27BrFN. The summed E-state index contributed by atoms with van der Waals surface area (Å²) in [6.07, 6.45) is 4.88. The van der Waals surface area contributed by atoms with Crippen LogP contribution in [0, 0.1) is 23.6 Å². The third-order valence-corrected chi connectivity index (χ3v) is 5.32. The number of hydrogen-bond donors (Lipinski definition) is 1. The maximum atomic E-state index is 13.7. The Morgan fingerprint density at radius 1 is 1.24 bits per heavy atom. The van der Waals surface area contributed by atoms with Crippen LogP contribution in [0.3, 0.4) is 0 Å². The van der Waals surface area contributed by atoms with Crippen molar-refractivity contribution in [3.8, 4) is 0 Å². The molecule has 0 aromatic heterocycles. The first kappa shape index (κ1) is 17.0. The minimum absolute atomic E-state index is 0.145. The maximum Gasteiger partial charge on any atom is 0.123 e. The molecule has 1 aromatic carbocycles. The first-order chi connectivity index (χ1) is 10.0. The van der Waals surface area contributed by atoms with Crippen LogP contribution in [0.4, 0.5) is 4.39 Å². The van der Waals surface area contributed by atoms with E-state index in [2.05, 4.69) is 42.0 Å². The van der Waals surface area contributed by atoms with Crippen LogP contribution in [-0.4, -0.2) is 6.54 Å². The van der Waals surface area contributed by atoms with Crippen LogP contribution in [0.1, 0.15) is 58.1 Å². The Labute approximate surface area is 136 Å². The Bertz CT molecular complexity index is 453. The fraction of sp³-hybridized carbons (Fsp3) is 0.667. The second-order valence-electron chi connectivity index (χ2n) is 6.78. The number of halogens is 2. The highest BCUT2D eigenvalue weighted by Crippen LogP contribution is 2.41. The minimum Gasteiger partial charge on any atom is -0.310 e. The number of benzene rings is 1. The summed E-state index contributed by atoms with van der Waals surface area (Å²) in [7, 11) is 0. The molecule has 1 aliphatic rings. The van der Waals surface area contributed by atoms with E-state index in [9.17, 15) is 4.39 Å². The molecule has 0 spiro atoms. The molecule has 3 unspecified atom stereocenters. The molecule has 118 valence electrons. The van der Waals surface area contributed by atoms with E-state index in [-0.39, 0.29) is 11.9 Å². The van der Waals surface area contributed by atoms with E-state index < -0.39 is 0 Å². The monoisotopic (exact) mass is 355 g/mol. The van der Waals surface area contributed by atoms with Crippen molar-refractivity contribution in [1.82, 2.24) is 5.32 Å². The van der Waals surface area contributed by atoms with Gasteiger partial charge >= 0.3 is 0 Å². The highest BCUT2D eigenvalue weighted by atomic mass is 79.9. The predicted octanol–water partition coefficient (Wildman–Crippen LogP) is 5.70. The van der Waals surface area contributed by atoms with Crippen molar-refractivity contribution >= 4 is 15.9 Å². The average Bonchev–Trinajstić information content (AvgIpc) is 2.42. The van der Waals surface area contributed by atoms with Crippen molar-refractivity contribution in [2.45, 2.75) is 52.5 Å². The van der Waals surface area contributed by atoms with Crippen LogP contribution in [0.5, 0.6) is 0 Å². The number of hydrogen-bond acceptors (Lipinski definition) is 1. The molecule has 21 heavy (non-hydrogen) atoms. The van der Waals surface area contributed by atoms with Gasteiger partial charge in [-0.2, -0.15) is 0 Å². The van der Waals surface area contributed by atoms with Crippen molar-refractivity contribution in [3.63, 3.8) is 0 Å². The largest absolute Gasteiger partial charge is 0.310 e. The van der Waals surface area contributed by atoms with Gasteiger partial charge in [0.05, 0.1) is 0 Å². The molecule has 1 N–H and O–H groups in total. The predicted molar refractivity (Wildman–Crippen MR) is 90.8 cm³/mol. The Kier molecular flexibility index (Phi) is 6.24.